The normalized spacial score (nSPS) is 39.1. The molecule has 1 aromatic carbocycles. The Morgan fingerprint density at radius 1 is 0.976 bits per heavy atom. The third-order valence-electron chi connectivity index (χ3n) is 12.7. The number of alkyl halides is 3. The van der Waals surface area contributed by atoms with Crippen molar-refractivity contribution in [2.24, 2.45) is 46.3 Å². The summed E-state index contributed by atoms with van der Waals surface area (Å²) in [4.78, 5) is 0.301. The zero-order chi connectivity index (χ0) is 30.9. The highest BCUT2D eigenvalue weighted by atomic mass is 32.2. The first-order valence-electron chi connectivity index (χ1n) is 15.9. The van der Waals surface area contributed by atoms with Crippen LogP contribution < -0.4 is 0 Å². The number of rotatable bonds is 7. The van der Waals surface area contributed by atoms with Crippen molar-refractivity contribution in [2.75, 3.05) is 0 Å². The van der Waals surface area contributed by atoms with Crippen LogP contribution in [-0.2, 0) is 9.84 Å². The minimum absolute atomic E-state index is 0.0533. The van der Waals surface area contributed by atoms with E-state index in [9.17, 15) is 31.8 Å². The first-order chi connectivity index (χ1) is 19.5. The summed E-state index contributed by atoms with van der Waals surface area (Å²) in [6.45, 7) is 10.4. The summed E-state index contributed by atoms with van der Waals surface area (Å²) in [6, 6.07) is 8.60. The predicted molar refractivity (Wildman–Crippen MR) is 158 cm³/mol. The summed E-state index contributed by atoms with van der Waals surface area (Å²) in [5.41, 5.74) is -2.27. The number of hydrogen-bond acceptors (Lipinski definition) is 4. The fourth-order valence-electron chi connectivity index (χ4n) is 9.97. The van der Waals surface area contributed by atoms with Crippen molar-refractivity contribution in [3.8, 4) is 0 Å². The fourth-order valence-corrected chi connectivity index (χ4v) is 12.1. The SMILES string of the molecule is CC(C)C(O)CC([C@@H](C)[C@H]1CC[C@H]2[C@@H]3CC=C4C[C@](O)(C(F)(F)F)CC[C@]4(C)[C@H]3CC[C@]12C)S(=O)(=O)c1ccccc1. The molecule has 10 atom stereocenters. The van der Waals surface area contributed by atoms with Gasteiger partial charge in [0.05, 0.1) is 16.2 Å². The van der Waals surface area contributed by atoms with E-state index in [1.54, 1.807) is 24.3 Å². The van der Waals surface area contributed by atoms with Crippen LogP contribution in [0.1, 0.15) is 92.4 Å². The van der Waals surface area contributed by atoms with Crippen LogP contribution in [0.4, 0.5) is 13.2 Å². The Hall–Kier alpha value is -1.38. The lowest BCUT2D eigenvalue weighted by molar-refractivity contribution is -0.271. The van der Waals surface area contributed by atoms with Crippen molar-refractivity contribution < 1.29 is 31.8 Å². The number of sulfone groups is 1. The van der Waals surface area contributed by atoms with Crippen molar-refractivity contribution >= 4 is 9.84 Å². The maximum atomic E-state index is 14.1. The number of benzene rings is 1. The molecule has 1 aromatic rings. The van der Waals surface area contributed by atoms with Gasteiger partial charge in [-0.25, -0.2) is 8.42 Å². The molecule has 2 unspecified atom stereocenters. The van der Waals surface area contributed by atoms with Gasteiger partial charge in [-0.1, -0.05) is 64.5 Å². The average molecular weight is 611 g/mol. The molecule has 8 heteroatoms. The van der Waals surface area contributed by atoms with Crippen molar-refractivity contribution in [1.29, 1.82) is 0 Å². The zero-order valence-electron chi connectivity index (χ0n) is 25.7. The topological polar surface area (TPSA) is 74.6 Å². The smallest absolute Gasteiger partial charge is 0.393 e. The second-order valence-electron chi connectivity index (χ2n) is 15.0. The molecule has 4 aliphatic carbocycles. The Morgan fingerprint density at radius 3 is 2.26 bits per heavy atom. The van der Waals surface area contributed by atoms with Gasteiger partial charge in [-0.05, 0) is 110 Å². The molecule has 0 aliphatic heterocycles. The molecule has 4 aliphatic rings. The summed E-state index contributed by atoms with van der Waals surface area (Å²) in [6.07, 6.45) is 1.08. The summed E-state index contributed by atoms with van der Waals surface area (Å²) in [5.74, 6) is 0.952. The molecular weight excluding hydrogens is 561 g/mol. The number of hydrogen-bond donors (Lipinski definition) is 2. The van der Waals surface area contributed by atoms with Crippen molar-refractivity contribution in [2.45, 2.75) is 120 Å². The first kappa shape index (κ1) is 32.0. The van der Waals surface area contributed by atoms with Crippen molar-refractivity contribution in [1.82, 2.24) is 0 Å². The van der Waals surface area contributed by atoms with E-state index in [-0.39, 0.29) is 53.8 Å². The number of allylic oxidation sites excluding steroid dienone is 1. The predicted octanol–water partition coefficient (Wildman–Crippen LogP) is 7.74. The van der Waals surface area contributed by atoms with Crippen molar-refractivity contribution in [3.05, 3.63) is 42.0 Å². The minimum Gasteiger partial charge on any atom is -0.393 e. The standard InChI is InChI=1S/C34H49F3O4S/c1-21(2)29(38)19-30(42(40,41)24-9-7-6-8-10-24)22(3)26-13-14-27-25-12-11-23-20-33(39,34(35,36)37)18-17-31(23,4)28(25)15-16-32(26,27)5/h6-11,21-22,25-30,38-39H,12-20H2,1-5H3/t22-,25-,26+,27-,28-,29?,30?,31-,32+,33-/m0/s1. The van der Waals surface area contributed by atoms with Gasteiger partial charge in [0.2, 0.25) is 0 Å². The average Bonchev–Trinajstić information content (AvgIpc) is 3.28. The molecule has 4 nitrogen and oxygen atoms in total. The minimum atomic E-state index is -4.63. The molecule has 2 N–H and O–H groups in total. The fraction of sp³-hybridized carbons (Fsp3) is 0.765. The monoisotopic (exact) mass is 610 g/mol. The molecule has 0 spiro atoms. The number of aliphatic hydroxyl groups is 2. The molecule has 0 heterocycles. The second-order valence-corrected chi connectivity index (χ2v) is 17.2. The molecule has 3 fully saturated rings. The molecular formula is C34H49F3O4S. The molecule has 0 radical (unpaired) electrons. The highest BCUT2D eigenvalue weighted by Crippen LogP contribution is 2.68. The third kappa shape index (κ3) is 5.09. The summed E-state index contributed by atoms with van der Waals surface area (Å²) < 4.78 is 69.4. The van der Waals surface area contributed by atoms with Crippen LogP contribution in [-0.4, -0.2) is 41.8 Å². The van der Waals surface area contributed by atoms with Crippen LogP contribution >= 0.6 is 0 Å². The molecule has 236 valence electrons. The number of halogens is 3. The van der Waals surface area contributed by atoms with Crippen LogP contribution in [0.3, 0.4) is 0 Å². The van der Waals surface area contributed by atoms with Gasteiger partial charge in [-0.3, -0.25) is 0 Å². The maximum Gasteiger partial charge on any atom is 0.417 e. The van der Waals surface area contributed by atoms with E-state index in [1.807, 2.05) is 26.0 Å². The lowest BCUT2D eigenvalue weighted by Gasteiger charge is -2.59. The zero-order valence-corrected chi connectivity index (χ0v) is 26.5. The van der Waals surface area contributed by atoms with Gasteiger partial charge in [0.1, 0.15) is 0 Å². The van der Waals surface area contributed by atoms with E-state index in [4.69, 9.17) is 0 Å². The molecule has 5 rings (SSSR count). The third-order valence-corrected chi connectivity index (χ3v) is 15.1. The molecule has 0 aromatic heterocycles. The lowest BCUT2D eigenvalue weighted by Crippen LogP contribution is -2.56. The van der Waals surface area contributed by atoms with Gasteiger partial charge in [0.25, 0.3) is 0 Å². The summed E-state index contributed by atoms with van der Waals surface area (Å²) >= 11 is 0. The van der Waals surface area contributed by atoms with E-state index < -0.39 is 33.0 Å². The van der Waals surface area contributed by atoms with E-state index >= 15 is 0 Å². The van der Waals surface area contributed by atoms with Gasteiger partial charge in [0.15, 0.2) is 15.4 Å². The van der Waals surface area contributed by atoms with Crippen LogP contribution in [0.5, 0.6) is 0 Å². The van der Waals surface area contributed by atoms with Gasteiger partial charge in [0, 0.05) is 6.42 Å². The Balaban J connectivity index is 1.43. The van der Waals surface area contributed by atoms with Crippen LogP contribution in [0, 0.1) is 46.3 Å². The van der Waals surface area contributed by atoms with E-state index in [1.165, 1.54) is 0 Å². The molecule has 0 saturated heterocycles. The van der Waals surface area contributed by atoms with Crippen molar-refractivity contribution in [3.63, 3.8) is 0 Å². The highest BCUT2D eigenvalue weighted by molar-refractivity contribution is 7.92. The Kier molecular flexibility index (Phi) is 8.31. The van der Waals surface area contributed by atoms with Gasteiger partial charge in [-0.15, -0.1) is 0 Å². The lowest BCUT2D eigenvalue weighted by atomic mass is 9.46. The molecule has 0 amide bonds. The number of aliphatic hydroxyl groups excluding tert-OH is 1. The van der Waals surface area contributed by atoms with Gasteiger partial charge in [-0.2, -0.15) is 13.2 Å². The summed E-state index contributed by atoms with van der Waals surface area (Å²) in [7, 11) is -3.69. The van der Waals surface area contributed by atoms with Gasteiger partial charge >= 0.3 is 6.18 Å². The van der Waals surface area contributed by atoms with Crippen LogP contribution in [0.15, 0.2) is 46.9 Å². The van der Waals surface area contributed by atoms with E-state index in [2.05, 4.69) is 20.8 Å². The Morgan fingerprint density at radius 2 is 1.64 bits per heavy atom. The number of fused-ring (bicyclic) bond motifs is 5. The van der Waals surface area contributed by atoms with Crippen LogP contribution in [0.2, 0.25) is 0 Å². The Labute approximate surface area is 250 Å². The largest absolute Gasteiger partial charge is 0.417 e. The van der Waals surface area contributed by atoms with Crippen LogP contribution in [0.25, 0.3) is 0 Å². The first-order valence-corrected chi connectivity index (χ1v) is 17.5. The summed E-state index contributed by atoms with van der Waals surface area (Å²) in [5, 5.41) is 20.7. The van der Waals surface area contributed by atoms with E-state index in [0.29, 0.717) is 23.2 Å². The van der Waals surface area contributed by atoms with E-state index in [0.717, 1.165) is 37.7 Å². The highest BCUT2D eigenvalue weighted by Gasteiger charge is 2.64. The molecule has 0 bridgehead atoms. The quantitative estimate of drug-likeness (QED) is 0.310. The maximum absolute atomic E-state index is 14.1. The Bertz CT molecular complexity index is 1280. The molecule has 42 heavy (non-hydrogen) atoms. The second kappa shape index (κ2) is 10.9. The molecule has 3 saturated carbocycles. The van der Waals surface area contributed by atoms with Gasteiger partial charge < -0.3 is 10.2 Å².